The molecule has 2 fully saturated rings. The van der Waals surface area contributed by atoms with Gasteiger partial charge >= 0.3 is 5.97 Å². The molecule has 1 aliphatic heterocycles. The number of likely N-dealkylation sites (N-methyl/N-ethyl adjacent to an activating group) is 1. The fourth-order valence-corrected chi connectivity index (χ4v) is 2.56. The van der Waals surface area contributed by atoms with Crippen LogP contribution in [0.3, 0.4) is 0 Å². The van der Waals surface area contributed by atoms with E-state index < -0.39 is 0 Å². The van der Waals surface area contributed by atoms with Crippen LogP contribution < -0.4 is 5.32 Å². The number of carbonyl (C=O) groups is 1. The molecule has 0 aromatic carbocycles. The average Bonchev–Trinajstić information content (AvgIpc) is 2.65. The number of hydrogen-bond donors (Lipinski definition) is 1. The van der Waals surface area contributed by atoms with E-state index in [9.17, 15) is 4.79 Å². The van der Waals surface area contributed by atoms with Gasteiger partial charge in [0.2, 0.25) is 0 Å². The Labute approximate surface area is 84.6 Å². The highest BCUT2D eigenvalue weighted by Gasteiger charge is 2.33. The van der Waals surface area contributed by atoms with Crippen molar-refractivity contribution in [1.82, 2.24) is 10.2 Å². The van der Waals surface area contributed by atoms with Crippen LogP contribution in [-0.4, -0.2) is 49.7 Å². The molecule has 1 heterocycles. The summed E-state index contributed by atoms with van der Waals surface area (Å²) in [5, 5.41) is 3.33. The minimum Gasteiger partial charge on any atom is -0.463 e. The van der Waals surface area contributed by atoms with Crippen LogP contribution in [0.15, 0.2) is 0 Å². The van der Waals surface area contributed by atoms with E-state index in [1.807, 2.05) is 7.05 Å². The second-order valence-corrected chi connectivity index (χ2v) is 4.08. The zero-order chi connectivity index (χ0) is 9.97. The van der Waals surface area contributed by atoms with Gasteiger partial charge in [0.15, 0.2) is 0 Å². The van der Waals surface area contributed by atoms with Crippen molar-refractivity contribution in [2.45, 2.75) is 31.3 Å². The second-order valence-electron chi connectivity index (χ2n) is 4.08. The van der Waals surface area contributed by atoms with Crippen molar-refractivity contribution in [3.63, 3.8) is 0 Å². The summed E-state index contributed by atoms with van der Waals surface area (Å²) in [6.07, 6.45) is 3.70. The second kappa shape index (κ2) is 4.28. The molecule has 14 heavy (non-hydrogen) atoms. The lowest BCUT2D eigenvalue weighted by molar-refractivity contribution is -0.151. The van der Waals surface area contributed by atoms with Crippen LogP contribution in [0.1, 0.15) is 19.3 Å². The maximum Gasteiger partial charge on any atom is 0.320 e. The van der Waals surface area contributed by atoms with E-state index in [-0.39, 0.29) is 5.97 Å². The predicted molar refractivity (Wildman–Crippen MR) is 53.0 cm³/mol. The average molecular weight is 198 g/mol. The lowest BCUT2D eigenvalue weighted by Gasteiger charge is -2.34. The fraction of sp³-hybridized carbons (Fsp3) is 0.900. The first-order valence-corrected chi connectivity index (χ1v) is 5.38. The van der Waals surface area contributed by atoms with Gasteiger partial charge in [-0.05, 0) is 19.9 Å². The SMILES string of the molecule is CNC1CCCC1N1CCOC(=O)C1. The summed E-state index contributed by atoms with van der Waals surface area (Å²) in [6, 6.07) is 1.09. The summed E-state index contributed by atoms with van der Waals surface area (Å²) >= 11 is 0. The van der Waals surface area contributed by atoms with Crippen molar-refractivity contribution < 1.29 is 9.53 Å². The summed E-state index contributed by atoms with van der Waals surface area (Å²) in [5.74, 6) is -0.0713. The molecule has 0 bridgehead atoms. The van der Waals surface area contributed by atoms with Crippen molar-refractivity contribution in [1.29, 1.82) is 0 Å². The number of rotatable bonds is 2. The Hall–Kier alpha value is -0.610. The molecule has 2 rings (SSSR count). The third-order valence-corrected chi connectivity index (χ3v) is 3.29. The normalized spacial score (nSPS) is 34.5. The molecule has 1 aliphatic carbocycles. The van der Waals surface area contributed by atoms with Gasteiger partial charge in [0, 0.05) is 18.6 Å². The molecule has 0 amide bonds. The number of nitrogens with zero attached hydrogens (tertiary/aromatic N) is 1. The summed E-state index contributed by atoms with van der Waals surface area (Å²) in [4.78, 5) is 13.4. The summed E-state index contributed by atoms with van der Waals surface area (Å²) in [5.41, 5.74) is 0. The number of hydrogen-bond acceptors (Lipinski definition) is 4. The van der Waals surface area contributed by atoms with Crippen LogP contribution in [0.5, 0.6) is 0 Å². The minimum atomic E-state index is -0.0713. The van der Waals surface area contributed by atoms with Crippen LogP contribution in [-0.2, 0) is 9.53 Å². The summed E-state index contributed by atoms with van der Waals surface area (Å²) in [7, 11) is 2.01. The molecular formula is C10H18N2O2. The van der Waals surface area contributed by atoms with Gasteiger partial charge in [0.05, 0.1) is 6.54 Å². The largest absolute Gasteiger partial charge is 0.463 e. The van der Waals surface area contributed by atoms with Crippen LogP contribution in [0.25, 0.3) is 0 Å². The first-order chi connectivity index (χ1) is 6.81. The van der Waals surface area contributed by atoms with Crippen LogP contribution in [0, 0.1) is 0 Å². The minimum absolute atomic E-state index is 0.0713. The Morgan fingerprint density at radius 2 is 2.36 bits per heavy atom. The fourth-order valence-electron chi connectivity index (χ4n) is 2.56. The smallest absolute Gasteiger partial charge is 0.320 e. The van der Waals surface area contributed by atoms with Crippen LogP contribution >= 0.6 is 0 Å². The van der Waals surface area contributed by atoms with E-state index in [0.29, 0.717) is 25.2 Å². The lowest BCUT2D eigenvalue weighted by atomic mass is 10.1. The Kier molecular flexibility index (Phi) is 3.03. The molecule has 1 N–H and O–H groups in total. The number of nitrogens with one attached hydrogen (secondary N) is 1. The van der Waals surface area contributed by atoms with Crippen LogP contribution in [0.2, 0.25) is 0 Å². The molecule has 1 saturated heterocycles. The van der Waals surface area contributed by atoms with Gasteiger partial charge < -0.3 is 10.1 Å². The monoisotopic (exact) mass is 198 g/mol. The van der Waals surface area contributed by atoms with Gasteiger partial charge in [0.25, 0.3) is 0 Å². The van der Waals surface area contributed by atoms with Gasteiger partial charge in [-0.2, -0.15) is 0 Å². The maximum atomic E-state index is 11.1. The van der Waals surface area contributed by atoms with E-state index in [2.05, 4.69) is 10.2 Å². The molecular weight excluding hydrogens is 180 g/mol. The first-order valence-electron chi connectivity index (χ1n) is 5.38. The number of cyclic esters (lactones) is 1. The molecule has 2 aliphatic rings. The van der Waals surface area contributed by atoms with Crippen LogP contribution in [0.4, 0.5) is 0 Å². The molecule has 2 atom stereocenters. The molecule has 0 radical (unpaired) electrons. The maximum absolute atomic E-state index is 11.1. The highest BCUT2D eigenvalue weighted by Crippen LogP contribution is 2.24. The molecule has 2 unspecified atom stereocenters. The highest BCUT2D eigenvalue weighted by atomic mass is 16.5. The van der Waals surface area contributed by atoms with Gasteiger partial charge in [-0.1, -0.05) is 6.42 Å². The Morgan fingerprint density at radius 3 is 3.07 bits per heavy atom. The molecule has 0 aromatic rings. The molecule has 0 aromatic heterocycles. The number of morpholine rings is 1. The van der Waals surface area contributed by atoms with Gasteiger partial charge in [-0.15, -0.1) is 0 Å². The number of esters is 1. The standard InChI is InChI=1S/C10H18N2O2/c1-11-8-3-2-4-9(8)12-5-6-14-10(13)7-12/h8-9,11H,2-7H2,1H3. The topological polar surface area (TPSA) is 41.6 Å². The van der Waals surface area contributed by atoms with E-state index >= 15 is 0 Å². The van der Waals surface area contributed by atoms with Crippen molar-refractivity contribution in [2.75, 3.05) is 26.7 Å². The predicted octanol–water partition coefficient (Wildman–Crippen LogP) is -0.0143. The summed E-state index contributed by atoms with van der Waals surface area (Å²) in [6.45, 7) is 1.93. The van der Waals surface area contributed by atoms with Crippen molar-refractivity contribution in [3.05, 3.63) is 0 Å². The number of carbonyl (C=O) groups excluding carboxylic acids is 1. The molecule has 4 heteroatoms. The Balaban J connectivity index is 1.95. The third-order valence-electron chi connectivity index (χ3n) is 3.29. The van der Waals surface area contributed by atoms with Gasteiger partial charge in [-0.25, -0.2) is 0 Å². The van der Waals surface area contributed by atoms with Crippen molar-refractivity contribution in [3.8, 4) is 0 Å². The first kappa shape index (κ1) is 9.93. The lowest BCUT2D eigenvalue weighted by Crippen LogP contribution is -2.51. The summed E-state index contributed by atoms with van der Waals surface area (Å²) < 4.78 is 4.94. The highest BCUT2D eigenvalue weighted by molar-refractivity contribution is 5.72. The molecule has 80 valence electrons. The zero-order valence-corrected chi connectivity index (χ0v) is 8.66. The molecule has 4 nitrogen and oxygen atoms in total. The van der Waals surface area contributed by atoms with E-state index in [1.165, 1.54) is 19.3 Å². The zero-order valence-electron chi connectivity index (χ0n) is 8.66. The van der Waals surface area contributed by atoms with Crippen molar-refractivity contribution >= 4 is 5.97 Å². The van der Waals surface area contributed by atoms with Crippen molar-refractivity contribution in [2.24, 2.45) is 0 Å². The van der Waals surface area contributed by atoms with Gasteiger partial charge in [-0.3, -0.25) is 9.69 Å². The van der Waals surface area contributed by atoms with E-state index in [1.54, 1.807) is 0 Å². The molecule has 1 saturated carbocycles. The third kappa shape index (κ3) is 1.91. The van der Waals surface area contributed by atoms with E-state index in [0.717, 1.165) is 6.54 Å². The molecule has 0 spiro atoms. The Morgan fingerprint density at radius 1 is 1.50 bits per heavy atom. The Bertz CT molecular complexity index is 220. The van der Waals surface area contributed by atoms with E-state index in [4.69, 9.17) is 4.74 Å². The van der Waals surface area contributed by atoms with Gasteiger partial charge in [0.1, 0.15) is 6.61 Å². The quantitative estimate of drug-likeness (QED) is 0.633. The number of ether oxygens (including phenoxy) is 1.